The predicted octanol–water partition coefficient (Wildman–Crippen LogP) is 8.10. The van der Waals surface area contributed by atoms with Gasteiger partial charge in [0.15, 0.2) is 5.78 Å². The van der Waals surface area contributed by atoms with Crippen LogP contribution in [0, 0.1) is 5.92 Å². The minimum absolute atomic E-state index is 0.0125. The fourth-order valence-electron chi connectivity index (χ4n) is 5.18. The van der Waals surface area contributed by atoms with Crippen molar-refractivity contribution in [2.45, 2.75) is 83.4 Å². The summed E-state index contributed by atoms with van der Waals surface area (Å²) in [6, 6.07) is 7.72. The molecule has 2 amide bonds. The van der Waals surface area contributed by atoms with Crippen molar-refractivity contribution in [3.63, 3.8) is 0 Å². The van der Waals surface area contributed by atoms with E-state index in [2.05, 4.69) is 5.16 Å². The first-order valence-corrected chi connectivity index (χ1v) is 17.2. The molecular weight excluding hydrogens is 756 g/mol. The van der Waals surface area contributed by atoms with Crippen LogP contribution < -0.4 is 5.73 Å². The van der Waals surface area contributed by atoms with Crippen LogP contribution in [0.3, 0.4) is 0 Å². The number of ether oxygens (including phenoxy) is 2. The van der Waals surface area contributed by atoms with Crippen molar-refractivity contribution in [1.82, 2.24) is 10.1 Å². The Kier molecular flexibility index (Phi) is 12.7. The Morgan fingerprint density at radius 1 is 0.885 bits per heavy atom. The summed E-state index contributed by atoms with van der Waals surface area (Å²) in [5.41, 5.74) is 1.71. The first kappa shape index (κ1) is 41.4. The molecule has 0 bridgehead atoms. The van der Waals surface area contributed by atoms with Gasteiger partial charge < -0.3 is 20.0 Å². The maximum atomic E-state index is 14.3. The van der Waals surface area contributed by atoms with E-state index < -0.39 is 41.6 Å². The lowest BCUT2D eigenvalue weighted by atomic mass is 9.86. The number of hydroxylamine groups is 4. The van der Waals surface area contributed by atoms with Crippen LogP contribution in [0.4, 0.5) is 22.8 Å². The van der Waals surface area contributed by atoms with E-state index in [4.69, 9.17) is 64.5 Å². The molecule has 286 valence electrons. The number of nitrogens with two attached hydrogens (primary N) is 1. The standard InChI is InChI=1S/C26H24Cl3F3N2O5.C8H16N2O3/c1-24(2,3)38-23(36)34-12-14(13-37-34)6-22(35)19-5-4-15(7-20(19)29)21-11-25(39-33-21,26(30,31)32)16-8-17(27)10-18(28)9-16;1-8(2,3)13-7(11)10-4-6(9)5-12-10/h4-5,7-10,14H,6,11-13H2,1-3H3;6H,4-5,9H2,1-3H3/t14-,25+;6-/m11/s1. The second-order valence-corrected chi connectivity index (χ2v) is 15.7. The number of hydrogen-bond acceptors (Lipinski definition) is 10. The van der Waals surface area contributed by atoms with E-state index in [0.717, 1.165) is 22.3 Å². The van der Waals surface area contributed by atoms with Gasteiger partial charge in [0.05, 0.1) is 43.1 Å². The van der Waals surface area contributed by atoms with E-state index in [9.17, 15) is 27.6 Å². The van der Waals surface area contributed by atoms with Crippen LogP contribution >= 0.6 is 34.8 Å². The van der Waals surface area contributed by atoms with Gasteiger partial charge in [-0.15, -0.1) is 0 Å². The third-order valence-corrected chi connectivity index (χ3v) is 8.27. The quantitative estimate of drug-likeness (QED) is 0.297. The van der Waals surface area contributed by atoms with Gasteiger partial charge in [0.25, 0.3) is 5.60 Å². The molecule has 3 heterocycles. The first-order valence-electron chi connectivity index (χ1n) is 16.1. The predicted molar refractivity (Wildman–Crippen MR) is 186 cm³/mol. The third-order valence-electron chi connectivity index (χ3n) is 7.52. The molecule has 2 aromatic rings. The normalized spacial score (nSPS) is 22.0. The Labute approximate surface area is 314 Å². The Hall–Kier alpha value is -3.34. The van der Waals surface area contributed by atoms with Crippen LogP contribution in [0.15, 0.2) is 41.6 Å². The SMILES string of the molecule is CC(C)(C)OC(=O)N1C[C@@H](CC(=O)c2ccc(C3=NO[C@@](c4cc(Cl)cc(Cl)c4)(C(F)(F)F)C3)cc2Cl)CO1.CC(C)(C)OC(=O)N1C[C@@H](N)CO1. The Morgan fingerprint density at radius 3 is 1.94 bits per heavy atom. The second kappa shape index (κ2) is 15.9. The van der Waals surface area contributed by atoms with Gasteiger partial charge in [-0.3, -0.25) is 14.5 Å². The number of rotatable bonds is 5. The number of oxime groups is 1. The van der Waals surface area contributed by atoms with Gasteiger partial charge in [-0.25, -0.2) is 9.59 Å². The Bertz CT molecular complexity index is 1680. The number of nitrogens with zero attached hydrogens (tertiary/aromatic N) is 3. The zero-order valence-corrected chi connectivity index (χ0v) is 31.6. The van der Waals surface area contributed by atoms with Crippen LogP contribution in [-0.4, -0.2) is 83.5 Å². The highest BCUT2D eigenvalue weighted by molar-refractivity contribution is 6.35. The Morgan fingerprint density at radius 2 is 1.44 bits per heavy atom. The lowest BCUT2D eigenvalue weighted by Gasteiger charge is -2.29. The fraction of sp³-hybridized carbons (Fsp3) is 0.529. The molecule has 3 aliphatic heterocycles. The average Bonchev–Trinajstić information content (AvgIpc) is 3.75. The van der Waals surface area contributed by atoms with Crippen molar-refractivity contribution < 1.29 is 51.5 Å². The molecule has 52 heavy (non-hydrogen) atoms. The molecular formula is C34H40Cl3F3N4O8. The van der Waals surface area contributed by atoms with Crippen LogP contribution in [0.2, 0.25) is 15.1 Å². The van der Waals surface area contributed by atoms with Crippen LogP contribution in [-0.2, 0) is 29.6 Å². The first-order chi connectivity index (χ1) is 24.0. The maximum Gasteiger partial charge on any atom is 0.435 e. The van der Waals surface area contributed by atoms with Crippen molar-refractivity contribution in [2.75, 3.05) is 26.3 Å². The number of carbonyl (C=O) groups excluding carboxylic acids is 3. The number of benzene rings is 2. The molecule has 2 aromatic carbocycles. The highest BCUT2D eigenvalue weighted by Gasteiger charge is 2.62. The van der Waals surface area contributed by atoms with Gasteiger partial charge in [0, 0.05) is 45.5 Å². The van der Waals surface area contributed by atoms with E-state index in [-0.39, 0.29) is 74.8 Å². The second-order valence-electron chi connectivity index (χ2n) is 14.4. The van der Waals surface area contributed by atoms with Crippen molar-refractivity contribution in [1.29, 1.82) is 0 Å². The Balaban J connectivity index is 0.000000392. The molecule has 0 saturated carbocycles. The molecule has 12 nitrogen and oxygen atoms in total. The molecule has 5 rings (SSSR count). The van der Waals surface area contributed by atoms with Crippen molar-refractivity contribution >= 4 is 58.5 Å². The van der Waals surface area contributed by atoms with E-state index >= 15 is 0 Å². The maximum absolute atomic E-state index is 14.3. The van der Waals surface area contributed by atoms with Gasteiger partial charge >= 0.3 is 18.4 Å². The van der Waals surface area contributed by atoms with E-state index in [1.807, 2.05) is 0 Å². The summed E-state index contributed by atoms with van der Waals surface area (Å²) in [4.78, 5) is 51.8. The summed E-state index contributed by atoms with van der Waals surface area (Å²) in [5, 5.41) is 6.03. The topological polar surface area (TPSA) is 142 Å². The lowest BCUT2D eigenvalue weighted by molar-refractivity contribution is -0.275. The zero-order valence-electron chi connectivity index (χ0n) is 29.3. The minimum Gasteiger partial charge on any atom is -0.442 e. The number of hydrogen-bond donors (Lipinski definition) is 1. The number of ketones is 1. The minimum atomic E-state index is -4.84. The smallest absolute Gasteiger partial charge is 0.435 e. The van der Waals surface area contributed by atoms with Gasteiger partial charge in [0.1, 0.15) is 11.2 Å². The molecule has 0 unspecified atom stereocenters. The molecule has 0 spiro atoms. The monoisotopic (exact) mass is 794 g/mol. The summed E-state index contributed by atoms with van der Waals surface area (Å²) < 4.78 is 53.1. The average molecular weight is 796 g/mol. The summed E-state index contributed by atoms with van der Waals surface area (Å²) in [6.45, 7) is 11.7. The van der Waals surface area contributed by atoms with Crippen molar-refractivity contribution in [2.24, 2.45) is 16.8 Å². The molecule has 2 fully saturated rings. The highest BCUT2D eigenvalue weighted by Crippen LogP contribution is 2.50. The molecule has 0 aliphatic carbocycles. The van der Waals surface area contributed by atoms with Gasteiger partial charge in [0.2, 0.25) is 0 Å². The fourth-order valence-corrected chi connectivity index (χ4v) is 5.99. The van der Waals surface area contributed by atoms with Crippen LogP contribution in [0.25, 0.3) is 0 Å². The molecule has 3 aliphatic rings. The van der Waals surface area contributed by atoms with E-state index in [1.165, 1.54) is 24.3 Å². The molecule has 2 N–H and O–H groups in total. The molecule has 0 aromatic heterocycles. The third kappa shape index (κ3) is 10.6. The molecule has 18 heteroatoms. The van der Waals surface area contributed by atoms with E-state index in [0.29, 0.717) is 13.2 Å². The summed E-state index contributed by atoms with van der Waals surface area (Å²) in [5.74, 6) is -0.598. The van der Waals surface area contributed by atoms with Gasteiger partial charge in [-0.1, -0.05) is 46.0 Å². The molecule has 0 radical (unpaired) electrons. The number of carbonyl (C=O) groups is 3. The summed E-state index contributed by atoms with van der Waals surface area (Å²) in [6.07, 6.45) is -6.58. The number of alkyl halides is 3. The molecule has 3 atom stereocenters. The van der Waals surface area contributed by atoms with Crippen molar-refractivity contribution in [3.05, 3.63) is 68.2 Å². The zero-order chi connectivity index (χ0) is 38.8. The largest absolute Gasteiger partial charge is 0.442 e. The number of amides is 2. The number of halogens is 6. The summed E-state index contributed by atoms with van der Waals surface area (Å²) >= 11 is 18.3. The van der Waals surface area contributed by atoms with Gasteiger partial charge in [-0.05, 0) is 71.9 Å². The highest BCUT2D eigenvalue weighted by atomic mass is 35.5. The van der Waals surface area contributed by atoms with Crippen LogP contribution in [0.5, 0.6) is 0 Å². The number of Topliss-reactive ketones (excluding diaryl/α,β-unsaturated/α-hetero) is 1. The summed E-state index contributed by atoms with van der Waals surface area (Å²) in [7, 11) is 0. The van der Waals surface area contributed by atoms with E-state index in [1.54, 1.807) is 41.5 Å². The molecule has 2 saturated heterocycles. The van der Waals surface area contributed by atoms with Crippen LogP contribution in [0.1, 0.15) is 75.9 Å². The lowest BCUT2D eigenvalue weighted by Crippen LogP contribution is -2.42. The van der Waals surface area contributed by atoms with Crippen molar-refractivity contribution in [3.8, 4) is 0 Å². The van der Waals surface area contributed by atoms with Gasteiger partial charge in [-0.2, -0.15) is 23.3 Å².